The van der Waals surface area contributed by atoms with Crippen molar-refractivity contribution in [1.29, 1.82) is 0 Å². The Morgan fingerprint density at radius 1 is 1.12 bits per heavy atom. The molecule has 0 fully saturated rings. The lowest BCUT2D eigenvalue weighted by molar-refractivity contribution is -0.119. The van der Waals surface area contributed by atoms with Gasteiger partial charge in [-0.1, -0.05) is 32.0 Å². The summed E-state index contributed by atoms with van der Waals surface area (Å²) >= 11 is 0. The van der Waals surface area contributed by atoms with Crippen molar-refractivity contribution in [3.05, 3.63) is 53.1 Å². The molecule has 25 heavy (non-hydrogen) atoms. The summed E-state index contributed by atoms with van der Waals surface area (Å²) in [7, 11) is 0. The van der Waals surface area contributed by atoms with Gasteiger partial charge in [0.1, 0.15) is 5.56 Å². The molecule has 6 nitrogen and oxygen atoms in total. The van der Waals surface area contributed by atoms with Gasteiger partial charge in [-0.05, 0) is 42.2 Å². The van der Waals surface area contributed by atoms with Crippen LogP contribution >= 0.6 is 0 Å². The van der Waals surface area contributed by atoms with Gasteiger partial charge in [-0.25, -0.2) is 4.79 Å². The molecule has 0 spiro atoms. The highest BCUT2D eigenvalue weighted by Gasteiger charge is 2.18. The molecule has 6 heteroatoms. The van der Waals surface area contributed by atoms with Crippen LogP contribution in [0.25, 0.3) is 0 Å². The number of anilines is 1. The van der Waals surface area contributed by atoms with Gasteiger partial charge in [0.25, 0.3) is 5.91 Å². The smallest absolute Gasteiger partial charge is 0.342 e. The normalized spacial score (nSPS) is 10.6. The number of rotatable bonds is 5. The zero-order chi connectivity index (χ0) is 18.6. The van der Waals surface area contributed by atoms with Gasteiger partial charge in [-0.2, -0.15) is 0 Å². The Hall–Kier alpha value is -3.02. The molecule has 0 bridgehead atoms. The van der Waals surface area contributed by atoms with E-state index in [1.807, 2.05) is 32.0 Å². The van der Waals surface area contributed by atoms with E-state index in [1.165, 1.54) is 12.1 Å². The number of esters is 1. The first-order valence-corrected chi connectivity index (χ1v) is 7.88. The standard InChI is InChI=1S/C19H21NO5/c1-11(2)13-5-4-6-14(9-13)20-16(21)10-25-19(24)15-8-7-12(3)17(22)18(15)23/h4-9,11,22-23H,10H2,1-3H3,(H,20,21). The summed E-state index contributed by atoms with van der Waals surface area (Å²) < 4.78 is 4.89. The topological polar surface area (TPSA) is 95.9 Å². The first kappa shape index (κ1) is 18.3. The zero-order valence-electron chi connectivity index (χ0n) is 14.4. The number of phenolic OH excluding ortho intramolecular Hbond substituents is 2. The van der Waals surface area contributed by atoms with Crippen LogP contribution in [-0.2, 0) is 9.53 Å². The average Bonchev–Trinajstić information content (AvgIpc) is 2.58. The second kappa shape index (κ2) is 7.70. The van der Waals surface area contributed by atoms with Crippen molar-refractivity contribution < 1.29 is 24.5 Å². The number of benzene rings is 2. The van der Waals surface area contributed by atoms with E-state index >= 15 is 0 Å². The molecule has 0 aliphatic heterocycles. The monoisotopic (exact) mass is 343 g/mol. The van der Waals surface area contributed by atoms with Crippen LogP contribution in [0.15, 0.2) is 36.4 Å². The molecule has 2 aromatic rings. The van der Waals surface area contributed by atoms with Crippen molar-refractivity contribution in [3.8, 4) is 11.5 Å². The van der Waals surface area contributed by atoms with Crippen molar-refractivity contribution in [2.45, 2.75) is 26.7 Å². The van der Waals surface area contributed by atoms with Crippen LogP contribution in [0.3, 0.4) is 0 Å². The molecular weight excluding hydrogens is 322 g/mol. The van der Waals surface area contributed by atoms with E-state index in [0.29, 0.717) is 17.2 Å². The van der Waals surface area contributed by atoms with Gasteiger partial charge in [0.05, 0.1) is 0 Å². The molecule has 0 heterocycles. The largest absolute Gasteiger partial charge is 0.504 e. The molecule has 0 aromatic heterocycles. The fourth-order valence-electron chi connectivity index (χ4n) is 2.23. The second-order valence-corrected chi connectivity index (χ2v) is 6.03. The minimum Gasteiger partial charge on any atom is -0.504 e. The number of carbonyl (C=O) groups excluding carboxylic acids is 2. The van der Waals surface area contributed by atoms with Crippen molar-refractivity contribution in [2.75, 3.05) is 11.9 Å². The van der Waals surface area contributed by atoms with Gasteiger partial charge >= 0.3 is 5.97 Å². The Kier molecular flexibility index (Phi) is 5.64. The molecule has 2 rings (SSSR count). The lowest BCUT2D eigenvalue weighted by Gasteiger charge is -2.11. The predicted octanol–water partition coefficient (Wildman–Crippen LogP) is 3.33. The minimum atomic E-state index is -0.890. The third-order valence-electron chi connectivity index (χ3n) is 3.74. The van der Waals surface area contributed by atoms with Crippen molar-refractivity contribution in [1.82, 2.24) is 0 Å². The van der Waals surface area contributed by atoms with Gasteiger partial charge in [0.2, 0.25) is 0 Å². The molecule has 0 saturated carbocycles. The summed E-state index contributed by atoms with van der Waals surface area (Å²) in [6, 6.07) is 10.2. The molecule has 0 aliphatic rings. The number of carbonyl (C=O) groups is 2. The molecule has 2 aromatic carbocycles. The highest BCUT2D eigenvalue weighted by atomic mass is 16.5. The molecule has 132 valence electrons. The lowest BCUT2D eigenvalue weighted by Crippen LogP contribution is -2.21. The predicted molar refractivity (Wildman–Crippen MR) is 94.0 cm³/mol. The first-order valence-electron chi connectivity index (χ1n) is 7.88. The highest BCUT2D eigenvalue weighted by molar-refractivity contribution is 5.97. The van der Waals surface area contributed by atoms with Crippen LogP contribution < -0.4 is 5.32 Å². The number of amides is 1. The summed E-state index contributed by atoms with van der Waals surface area (Å²) in [6.07, 6.45) is 0. The quantitative estimate of drug-likeness (QED) is 0.572. The van der Waals surface area contributed by atoms with Crippen LogP contribution in [0.5, 0.6) is 11.5 Å². The van der Waals surface area contributed by atoms with Crippen LogP contribution in [0.4, 0.5) is 5.69 Å². The average molecular weight is 343 g/mol. The van der Waals surface area contributed by atoms with E-state index in [-0.39, 0.29) is 11.3 Å². The van der Waals surface area contributed by atoms with E-state index in [9.17, 15) is 19.8 Å². The molecule has 0 atom stereocenters. The lowest BCUT2D eigenvalue weighted by atomic mass is 10.0. The number of hydrogen-bond donors (Lipinski definition) is 3. The Morgan fingerprint density at radius 3 is 2.52 bits per heavy atom. The van der Waals surface area contributed by atoms with Crippen LogP contribution in [0.1, 0.15) is 41.3 Å². The SMILES string of the molecule is Cc1ccc(C(=O)OCC(=O)Nc2cccc(C(C)C)c2)c(O)c1O. The number of aromatic hydroxyl groups is 2. The molecule has 0 unspecified atom stereocenters. The maximum atomic E-state index is 12.0. The van der Waals surface area contributed by atoms with E-state index < -0.39 is 24.2 Å². The van der Waals surface area contributed by atoms with E-state index in [2.05, 4.69) is 5.32 Å². The molecule has 1 amide bonds. The zero-order valence-corrected chi connectivity index (χ0v) is 14.4. The van der Waals surface area contributed by atoms with E-state index in [0.717, 1.165) is 5.56 Å². The van der Waals surface area contributed by atoms with Crippen molar-refractivity contribution in [3.63, 3.8) is 0 Å². The Morgan fingerprint density at radius 2 is 1.84 bits per heavy atom. The van der Waals surface area contributed by atoms with E-state index in [4.69, 9.17) is 4.74 Å². The van der Waals surface area contributed by atoms with Crippen LogP contribution in [-0.4, -0.2) is 28.7 Å². The fraction of sp³-hybridized carbons (Fsp3) is 0.263. The Labute approximate surface area is 146 Å². The Bertz CT molecular complexity index is 798. The van der Waals surface area contributed by atoms with Gasteiger partial charge in [0.15, 0.2) is 18.1 Å². The summed E-state index contributed by atoms with van der Waals surface area (Å²) in [4.78, 5) is 23.9. The van der Waals surface area contributed by atoms with Gasteiger partial charge < -0.3 is 20.3 Å². The minimum absolute atomic E-state index is 0.197. The third kappa shape index (κ3) is 4.50. The molecule has 3 N–H and O–H groups in total. The number of phenols is 2. The number of hydrogen-bond acceptors (Lipinski definition) is 5. The van der Waals surface area contributed by atoms with Crippen molar-refractivity contribution >= 4 is 17.6 Å². The third-order valence-corrected chi connectivity index (χ3v) is 3.74. The summed E-state index contributed by atoms with van der Waals surface area (Å²) in [5, 5.41) is 22.1. The summed E-state index contributed by atoms with van der Waals surface area (Å²) in [5.41, 5.74) is 1.92. The highest BCUT2D eigenvalue weighted by Crippen LogP contribution is 2.32. The number of nitrogens with one attached hydrogen (secondary N) is 1. The van der Waals surface area contributed by atoms with Crippen LogP contribution in [0.2, 0.25) is 0 Å². The molecular formula is C19H21NO5. The maximum Gasteiger partial charge on any atom is 0.342 e. The number of ether oxygens (including phenoxy) is 1. The Balaban J connectivity index is 1.97. The molecule has 0 radical (unpaired) electrons. The number of aryl methyl sites for hydroxylation is 1. The van der Waals surface area contributed by atoms with Gasteiger partial charge in [-0.3, -0.25) is 4.79 Å². The van der Waals surface area contributed by atoms with Gasteiger partial charge in [-0.15, -0.1) is 0 Å². The first-order chi connectivity index (χ1) is 11.8. The van der Waals surface area contributed by atoms with E-state index in [1.54, 1.807) is 13.0 Å². The van der Waals surface area contributed by atoms with Gasteiger partial charge in [0, 0.05) is 5.69 Å². The second-order valence-electron chi connectivity index (χ2n) is 6.03. The summed E-state index contributed by atoms with van der Waals surface area (Å²) in [5.74, 6) is -2.00. The maximum absolute atomic E-state index is 12.0. The van der Waals surface area contributed by atoms with Crippen LogP contribution in [0, 0.1) is 6.92 Å². The van der Waals surface area contributed by atoms with Crippen molar-refractivity contribution in [2.24, 2.45) is 0 Å². The summed E-state index contributed by atoms with van der Waals surface area (Å²) in [6.45, 7) is 5.18. The molecule has 0 saturated heterocycles. The fourth-order valence-corrected chi connectivity index (χ4v) is 2.23. The molecule has 0 aliphatic carbocycles.